The highest BCUT2D eigenvalue weighted by Gasteiger charge is 2.08. The van der Waals surface area contributed by atoms with Gasteiger partial charge in [-0.2, -0.15) is 0 Å². The summed E-state index contributed by atoms with van der Waals surface area (Å²) in [6, 6.07) is 5.36. The van der Waals surface area contributed by atoms with Crippen LogP contribution in [0.15, 0.2) is 30.6 Å². The van der Waals surface area contributed by atoms with Crippen LogP contribution in [0.25, 0.3) is 0 Å². The third-order valence-electron chi connectivity index (χ3n) is 2.16. The zero-order chi connectivity index (χ0) is 13.0. The van der Waals surface area contributed by atoms with Crippen LogP contribution in [0.3, 0.4) is 0 Å². The highest BCUT2D eigenvalue weighted by molar-refractivity contribution is 6.02. The molecule has 0 radical (unpaired) electrons. The Morgan fingerprint density at radius 1 is 1.22 bits per heavy atom. The minimum atomic E-state index is -0.371. The number of carbonyl (C=O) groups excluding carboxylic acids is 1. The average molecular weight is 244 g/mol. The molecule has 0 unspecified atom stereocenters. The zero-order valence-electron chi connectivity index (χ0n) is 9.71. The van der Waals surface area contributed by atoms with Gasteiger partial charge >= 0.3 is 0 Å². The number of carbonyl (C=O) groups is 1. The van der Waals surface area contributed by atoms with Gasteiger partial charge in [-0.1, -0.05) is 6.07 Å². The molecule has 2 rings (SSSR count). The van der Waals surface area contributed by atoms with Crippen molar-refractivity contribution in [1.29, 1.82) is 0 Å². The summed E-state index contributed by atoms with van der Waals surface area (Å²) in [7, 11) is 0. The molecule has 0 aliphatic heterocycles. The van der Waals surface area contributed by atoms with Crippen LogP contribution >= 0.6 is 0 Å². The zero-order valence-corrected chi connectivity index (χ0v) is 9.71. The fourth-order valence-electron chi connectivity index (χ4n) is 1.31. The van der Waals surface area contributed by atoms with Crippen molar-refractivity contribution in [3.05, 3.63) is 42.0 Å². The van der Waals surface area contributed by atoms with Crippen LogP contribution in [-0.2, 0) is 0 Å². The lowest BCUT2D eigenvalue weighted by Gasteiger charge is -2.04. The average Bonchev–Trinajstić information content (AvgIpc) is 2.39. The van der Waals surface area contributed by atoms with E-state index >= 15 is 0 Å². The molecule has 0 saturated carbocycles. The van der Waals surface area contributed by atoms with E-state index in [4.69, 9.17) is 5.84 Å². The number of nitrogens with one attached hydrogen (secondary N) is 2. The lowest BCUT2D eigenvalue weighted by Crippen LogP contribution is -2.16. The molecular formula is C11H12N6O. The van der Waals surface area contributed by atoms with Gasteiger partial charge < -0.3 is 10.7 Å². The summed E-state index contributed by atoms with van der Waals surface area (Å²) >= 11 is 0. The molecule has 7 heteroatoms. The predicted octanol–water partition coefficient (Wildman–Crippen LogP) is 0.718. The molecule has 2 heterocycles. The Labute approximate surface area is 103 Å². The molecule has 0 spiro atoms. The summed E-state index contributed by atoms with van der Waals surface area (Å²) < 4.78 is 0. The largest absolute Gasteiger partial charge is 0.307 e. The quantitative estimate of drug-likeness (QED) is 0.542. The number of pyridine rings is 1. The van der Waals surface area contributed by atoms with Gasteiger partial charge in [-0.05, 0) is 19.1 Å². The van der Waals surface area contributed by atoms with Gasteiger partial charge in [-0.25, -0.2) is 20.8 Å². The Bertz CT molecular complexity index is 554. The molecule has 4 N–H and O–H groups in total. The first-order valence-corrected chi connectivity index (χ1v) is 5.22. The second-order valence-corrected chi connectivity index (χ2v) is 3.55. The number of rotatable bonds is 3. The van der Waals surface area contributed by atoms with Gasteiger partial charge in [0.2, 0.25) is 0 Å². The minimum Gasteiger partial charge on any atom is -0.307 e. The van der Waals surface area contributed by atoms with Crippen LogP contribution in [0.2, 0.25) is 0 Å². The third kappa shape index (κ3) is 2.77. The molecule has 2 aromatic heterocycles. The molecular weight excluding hydrogens is 232 g/mol. The van der Waals surface area contributed by atoms with E-state index in [2.05, 4.69) is 25.7 Å². The van der Waals surface area contributed by atoms with Crippen molar-refractivity contribution in [2.75, 3.05) is 10.7 Å². The predicted molar refractivity (Wildman–Crippen MR) is 66.8 cm³/mol. The Kier molecular flexibility index (Phi) is 3.44. The Hall–Kier alpha value is -2.54. The van der Waals surface area contributed by atoms with Crippen LogP contribution in [0.1, 0.15) is 16.2 Å². The van der Waals surface area contributed by atoms with Gasteiger partial charge in [-0.15, -0.1) is 0 Å². The number of hydrogen-bond acceptors (Lipinski definition) is 6. The lowest BCUT2D eigenvalue weighted by atomic mass is 10.3. The third-order valence-corrected chi connectivity index (χ3v) is 2.16. The molecule has 0 bridgehead atoms. The Balaban J connectivity index is 2.11. The van der Waals surface area contributed by atoms with Crippen LogP contribution < -0.4 is 16.6 Å². The monoisotopic (exact) mass is 244 g/mol. The molecule has 0 fully saturated rings. The SMILES string of the molecule is Cc1cccc(NC(=O)c2cnc(NN)cn2)n1. The Morgan fingerprint density at radius 2 is 2.06 bits per heavy atom. The van der Waals surface area contributed by atoms with Gasteiger partial charge in [0.1, 0.15) is 11.5 Å². The summed E-state index contributed by atoms with van der Waals surface area (Å²) in [5.74, 6) is 5.65. The Morgan fingerprint density at radius 3 is 2.67 bits per heavy atom. The van der Waals surface area contributed by atoms with Gasteiger partial charge in [0.25, 0.3) is 5.91 Å². The smallest absolute Gasteiger partial charge is 0.277 e. The second-order valence-electron chi connectivity index (χ2n) is 3.55. The number of anilines is 2. The highest BCUT2D eigenvalue weighted by Crippen LogP contribution is 2.06. The molecule has 18 heavy (non-hydrogen) atoms. The van der Waals surface area contributed by atoms with Gasteiger partial charge in [0.05, 0.1) is 12.4 Å². The molecule has 92 valence electrons. The maximum absolute atomic E-state index is 11.8. The first kappa shape index (κ1) is 11.9. The molecule has 0 aliphatic carbocycles. The lowest BCUT2D eigenvalue weighted by molar-refractivity contribution is 0.102. The number of hydrogen-bond donors (Lipinski definition) is 3. The first-order chi connectivity index (χ1) is 8.69. The maximum atomic E-state index is 11.8. The standard InChI is InChI=1S/C11H12N6O/c1-7-3-2-4-9(15-7)16-11(18)8-5-14-10(17-12)6-13-8/h2-6H,12H2,1H3,(H,14,17)(H,15,16,18). The molecule has 1 amide bonds. The van der Waals surface area contributed by atoms with Crippen molar-refractivity contribution in [2.24, 2.45) is 5.84 Å². The molecule has 0 aromatic carbocycles. The van der Waals surface area contributed by atoms with Crippen LogP contribution in [0.5, 0.6) is 0 Å². The van der Waals surface area contributed by atoms with Crippen molar-refractivity contribution >= 4 is 17.5 Å². The van der Waals surface area contributed by atoms with E-state index < -0.39 is 0 Å². The molecule has 0 atom stereocenters. The normalized spacial score (nSPS) is 9.89. The molecule has 0 aliphatic rings. The fourth-order valence-corrected chi connectivity index (χ4v) is 1.31. The van der Waals surface area contributed by atoms with Crippen molar-refractivity contribution in [3.8, 4) is 0 Å². The van der Waals surface area contributed by atoms with Crippen molar-refractivity contribution < 1.29 is 4.79 Å². The molecule has 7 nitrogen and oxygen atoms in total. The molecule has 0 saturated heterocycles. The van der Waals surface area contributed by atoms with Gasteiger partial charge in [-0.3, -0.25) is 4.79 Å². The topological polar surface area (TPSA) is 106 Å². The van der Waals surface area contributed by atoms with E-state index in [0.29, 0.717) is 11.6 Å². The summed E-state index contributed by atoms with van der Waals surface area (Å²) in [6.45, 7) is 1.84. The van der Waals surface area contributed by atoms with E-state index in [0.717, 1.165) is 5.69 Å². The van der Waals surface area contributed by atoms with Crippen LogP contribution in [0.4, 0.5) is 11.6 Å². The van der Waals surface area contributed by atoms with Gasteiger partial charge in [0, 0.05) is 5.69 Å². The summed E-state index contributed by atoms with van der Waals surface area (Å²) in [5, 5.41) is 2.63. The molecule has 2 aromatic rings. The van der Waals surface area contributed by atoms with E-state index in [1.807, 2.05) is 19.1 Å². The van der Waals surface area contributed by atoms with E-state index in [9.17, 15) is 4.79 Å². The minimum absolute atomic E-state index is 0.192. The van der Waals surface area contributed by atoms with Crippen LogP contribution in [-0.4, -0.2) is 20.9 Å². The summed E-state index contributed by atoms with van der Waals surface area (Å²) in [6.07, 6.45) is 2.71. The fraction of sp³-hybridized carbons (Fsp3) is 0.0909. The first-order valence-electron chi connectivity index (χ1n) is 5.22. The number of hydrazine groups is 1. The van der Waals surface area contributed by atoms with E-state index in [1.165, 1.54) is 12.4 Å². The number of aromatic nitrogens is 3. The van der Waals surface area contributed by atoms with E-state index in [1.54, 1.807) is 6.07 Å². The van der Waals surface area contributed by atoms with Gasteiger partial charge in [0.15, 0.2) is 5.82 Å². The van der Waals surface area contributed by atoms with E-state index in [-0.39, 0.29) is 11.6 Å². The van der Waals surface area contributed by atoms with Crippen molar-refractivity contribution in [3.63, 3.8) is 0 Å². The number of aryl methyl sites for hydroxylation is 1. The number of nitrogens with two attached hydrogens (primary N) is 1. The summed E-state index contributed by atoms with van der Waals surface area (Å²) in [4.78, 5) is 23.8. The van der Waals surface area contributed by atoms with Crippen molar-refractivity contribution in [1.82, 2.24) is 15.0 Å². The highest BCUT2D eigenvalue weighted by atomic mass is 16.1. The maximum Gasteiger partial charge on any atom is 0.277 e. The second kappa shape index (κ2) is 5.19. The van der Waals surface area contributed by atoms with Crippen LogP contribution in [0, 0.1) is 6.92 Å². The number of nitrogen functional groups attached to an aromatic ring is 1. The summed E-state index contributed by atoms with van der Waals surface area (Å²) in [5.41, 5.74) is 3.35. The number of amides is 1. The van der Waals surface area contributed by atoms with Crippen molar-refractivity contribution in [2.45, 2.75) is 6.92 Å². The number of nitrogens with zero attached hydrogens (tertiary/aromatic N) is 3.